The summed E-state index contributed by atoms with van der Waals surface area (Å²) in [5, 5.41) is 22.2. The Morgan fingerprint density at radius 1 is 1.38 bits per heavy atom. The summed E-state index contributed by atoms with van der Waals surface area (Å²) in [7, 11) is 0. The Hall–Kier alpha value is -3.40. The Bertz CT molecular complexity index is 842. The number of hydrogen-bond donors (Lipinski definition) is 2. The number of aliphatic carboxylic acids is 1. The molecular formula is C17H16N4O3. The molecule has 0 atom stereocenters. The number of aromatic nitrogens is 2. The van der Waals surface area contributed by atoms with E-state index in [1.165, 1.54) is 10.8 Å². The molecule has 0 aliphatic rings. The summed E-state index contributed by atoms with van der Waals surface area (Å²) < 4.78 is 1.48. The molecule has 0 aliphatic heterocycles. The molecule has 24 heavy (non-hydrogen) atoms. The first-order chi connectivity index (χ1) is 11.4. The summed E-state index contributed by atoms with van der Waals surface area (Å²) >= 11 is 0. The Balaban J connectivity index is 2.50. The van der Waals surface area contributed by atoms with Crippen molar-refractivity contribution in [1.82, 2.24) is 9.78 Å². The van der Waals surface area contributed by atoms with Crippen LogP contribution in [0.5, 0.6) is 0 Å². The van der Waals surface area contributed by atoms with Crippen molar-refractivity contribution in [2.45, 2.75) is 19.9 Å². The summed E-state index contributed by atoms with van der Waals surface area (Å²) in [5.41, 5.74) is 7.93. The summed E-state index contributed by atoms with van der Waals surface area (Å²) in [6, 6.07) is 9.32. The van der Waals surface area contributed by atoms with Crippen molar-refractivity contribution in [2.24, 2.45) is 5.73 Å². The number of carboxylic acids is 1. The van der Waals surface area contributed by atoms with Gasteiger partial charge in [-0.1, -0.05) is 29.8 Å². The van der Waals surface area contributed by atoms with Gasteiger partial charge >= 0.3 is 5.97 Å². The first kappa shape index (κ1) is 17.0. The first-order valence-corrected chi connectivity index (χ1v) is 7.18. The number of hydrogen-bond acceptors (Lipinski definition) is 4. The van der Waals surface area contributed by atoms with Crippen LogP contribution in [0.4, 0.5) is 0 Å². The van der Waals surface area contributed by atoms with Gasteiger partial charge in [0.25, 0.3) is 5.91 Å². The zero-order chi connectivity index (χ0) is 17.7. The lowest BCUT2D eigenvalue weighted by Gasteiger charge is -2.00. The normalized spacial score (nSPS) is 11.1. The van der Waals surface area contributed by atoms with Crippen LogP contribution >= 0.6 is 0 Å². The van der Waals surface area contributed by atoms with E-state index in [-0.39, 0.29) is 18.5 Å². The molecule has 122 valence electrons. The fourth-order valence-corrected chi connectivity index (χ4v) is 2.12. The SMILES string of the molecule is Cc1ccc(-c2nn(CCC(=O)O)cc2/C=C(/C#N)C(N)=O)cc1. The molecule has 0 saturated carbocycles. The lowest BCUT2D eigenvalue weighted by Crippen LogP contribution is -2.12. The average Bonchev–Trinajstić information content (AvgIpc) is 2.94. The van der Waals surface area contributed by atoms with Crippen LogP contribution in [0.25, 0.3) is 17.3 Å². The second kappa shape index (κ2) is 7.24. The third kappa shape index (κ3) is 4.08. The van der Waals surface area contributed by atoms with Gasteiger partial charge in [-0.25, -0.2) is 0 Å². The van der Waals surface area contributed by atoms with Gasteiger partial charge < -0.3 is 10.8 Å². The monoisotopic (exact) mass is 324 g/mol. The molecule has 3 N–H and O–H groups in total. The summed E-state index contributed by atoms with van der Waals surface area (Å²) in [6.45, 7) is 2.14. The maximum Gasteiger partial charge on any atom is 0.305 e. The van der Waals surface area contributed by atoms with Gasteiger partial charge in [-0.3, -0.25) is 14.3 Å². The van der Waals surface area contributed by atoms with Crippen LogP contribution in [0, 0.1) is 18.3 Å². The second-order valence-electron chi connectivity index (χ2n) is 5.24. The number of primary amides is 1. The molecule has 1 aromatic carbocycles. The molecule has 1 heterocycles. The molecule has 1 amide bonds. The standard InChI is InChI=1S/C17H16N4O3/c1-11-2-4-12(5-3-11)16-14(8-13(9-18)17(19)24)10-21(20-16)7-6-15(22)23/h2-5,8,10H,6-7H2,1H3,(H2,19,24)(H,22,23)/b13-8-. The highest BCUT2D eigenvalue weighted by Crippen LogP contribution is 2.24. The molecule has 0 fully saturated rings. The van der Waals surface area contributed by atoms with E-state index in [9.17, 15) is 9.59 Å². The lowest BCUT2D eigenvalue weighted by molar-refractivity contribution is -0.137. The first-order valence-electron chi connectivity index (χ1n) is 7.18. The molecular weight excluding hydrogens is 308 g/mol. The van der Waals surface area contributed by atoms with Gasteiger partial charge in [-0.2, -0.15) is 10.4 Å². The quantitative estimate of drug-likeness (QED) is 0.619. The molecule has 0 bridgehead atoms. The number of carboxylic acid groups (broad SMARTS) is 1. The van der Waals surface area contributed by atoms with Crippen molar-refractivity contribution < 1.29 is 14.7 Å². The van der Waals surface area contributed by atoms with Crippen molar-refractivity contribution in [3.8, 4) is 17.3 Å². The smallest absolute Gasteiger partial charge is 0.305 e. The van der Waals surface area contributed by atoms with E-state index >= 15 is 0 Å². The highest BCUT2D eigenvalue weighted by atomic mass is 16.4. The molecule has 0 unspecified atom stereocenters. The van der Waals surface area contributed by atoms with Crippen molar-refractivity contribution in [1.29, 1.82) is 5.26 Å². The van der Waals surface area contributed by atoms with Crippen molar-refractivity contribution in [2.75, 3.05) is 0 Å². The molecule has 7 nitrogen and oxygen atoms in total. The number of nitriles is 1. The number of carbonyl (C=O) groups excluding carboxylic acids is 1. The number of aryl methyl sites for hydroxylation is 2. The molecule has 0 radical (unpaired) electrons. The molecule has 0 spiro atoms. The van der Waals surface area contributed by atoms with E-state index in [1.54, 1.807) is 12.3 Å². The summed E-state index contributed by atoms with van der Waals surface area (Å²) in [5.74, 6) is -1.76. The van der Waals surface area contributed by atoms with Crippen molar-refractivity contribution in [3.63, 3.8) is 0 Å². The average molecular weight is 324 g/mol. The van der Waals surface area contributed by atoms with E-state index in [0.29, 0.717) is 11.3 Å². The predicted octanol–water partition coefficient (Wildman–Crippen LogP) is 1.73. The van der Waals surface area contributed by atoms with E-state index < -0.39 is 11.9 Å². The van der Waals surface area contributed by atoms with Crippen LogP contribution in [0.1, 0.15) is 17.5 Å². The number of benzene rings is 1. The van der Waals surface area contributed by atoms with E-state index in [1.807, 2.05) is 31.2 Å². The molecule has 0 aliphatic carbocycles. The summed E-state index contributed by atoms with van der Waals surface area (Å²) in [4.78, 5) is 22.0. The molecule has 0 saturated heterocycles. The summed E-state index contributed by atoms with van der Waals surface area (Å²) in [6.07, 6.45) is 2.87. The molecule has 2 rings (SSSR count). The topological polar surface area (TPSA) is 122 Å². The van der Waals surface area contributed by atoms with Gasteiger partial charge in [-0.15, -0.1) is 0 Å². The predicted molar refractivity (Wildman–Crippen MR) is 87.4 cm³/mol. The number of amides is 1. The zero-order valence-electron chi connectivity index (χ0n) is 13.1. The van der Waals surface area contributed by atoms with Crippen molar-refractivity contribution >= 4 is 18.0 Å². The number of nitrogens with two attached hydrogens (primary N) is 1. The fourth-order valence-electron chi connectivity index (χ4n) is 2.12. The second-order valence-corrected chi connectivity index (χ2v) is 5.24. The Morgan fingerprint density at radius 2 is 2.04 bits per heavy atom. The maximum absolute atomic E-state index is 11.3. The molecule has 7 heteroatoms. The molecule has 2 aromatic rings. The third-order valence-corrected chi connectivity index (χ3v) is 3.36. The van der Waals surface area contributed by atoms with Crippen LogP contribution in [0.3, 0.4) is 0 Å². The lowest BCUT2D eigenvalue weighted by atomic mass is 10.0. The van der Waals surface area contributed by atoms with E-state index in [4.69, 9.17) is 16.1 Å². The Morgan fingerprint density at radius 3 is 2.58 bits per heavy atom. The van der Waals surface area contributed by atoms with E-state index in [0.717, 1.165) is 11.1 Å². The van der Waals surface area contributed by atoms with Gasteiger partial charge in [0.1, 0.15) is 11.6 Å². The fraction of sp³-hybridized carbons (Fsp3) is 0.176. The number of rotatable bonds is 6. The minimum absolute atomic E-state index is 0.0842. The van der Waals surface area contributed by atoms with Crippen LogP contribution in [-0.2, 0) is 16.1 Å². The molecule has 1 aromatic heterocycles. The maximum atomic E-state index is 11.3. The van der Waals surface area contributed by atoms with E-state index in [2.05, 4.69) is 5.10 Å². The highest BCUT2D eigenvalue weighted by molar-refractivity contribution is 6.01. The van der Waals surface area contributed by atoms with Crippen molar-refractivity contribution in [3.05, 3.63) is 47.2 Å². The van der Waals surface area contributed by atoms with Gasteiger partial charge in [0.15, 0.2) is 0 Å². The largest absolute Gasteiger partial charge is 0.481 e. The highest BCUT2D eigenvalue weighted by Gasteiger charge is 2.13. The van der Waals surface area contributed by atoms with Crippen LogP contribution < -0.4 is 5.73 Å². The number of carbonyl (C=O) groups is 2. The third-order valence-electron chi connectivity index (χ3n) is 3.36. The van der Waals surface area contributed by atoms with Crippen LogP contribution in [0.2, 0.25) is 0 Å². The zero-order valence-corrected chi connectivity index (χ0v) is 13.1. The minimum Gasteiger partial charge on any atom is -0.481 e. The van der Waals surface area contributed by atoms with Crippen LogP contribution in [-0.4, -0.2) is 26.8 Å². The Labute approximate surface area is 138 Å². The number of nitrogens with zero attached hydrogens (tertiary/aromatic N) is 3. The van der Waals surface area contributed by atoms with Crippen LogP contribution in [0.15, 0.2) is 36.0 Å². The van der Waals surface area contributed by atoms with Gasteiger partial charge in [0, 0.05) is 17.3 Å². The minimum atomic E-state index is -0.936. The van der Waals surface area contributed by atoms with Gasteiger partial charge in [0.2, 0.25) is 0 Å². The van der Waals surface area contributed by atoms with Gasteiger partial charge in [-0.05, 0) is 13.0 Å². The Kier molecular flexibility index (Phi) is 5.12. The van der Waals surface area contributed by atoms with Gasteiger partial charge in [0.05, 0.1) is 18.7 Å².